The van der Waals surface area contributed by atoms with Crippen molar-refractivity contribution in [2.75, 3.05) is 14.2 Å². The Morgan fingerprint density at radius 2 is 1.91 bits per heavy atom. The highest BCUT2D eigenvalue weighted by Crippen LogP contribution is 2.37. The summed E-state index contributed by atoms with van der Waals surface area (Å²) >= 11 is 0. The number of hydrogen-bond acceptors (Lipinski definition) is 5. The number of β-lactam (4-membered cyclic amide) rings is 1. The van der Waals surface area contributed by atoms with Crippen LogP contribution in [0.5, 0.6) is 11.5 Å². The number of benzene rings is 1. The molecule has 2 atom stereocenters. The second kappa shape index (κ2) is 5.96. The fourth-order valence-corrected chi connectivity index (χ4v) is 2.87. The normalized spacial score (nSPS) is 20.3. The van der Waals surface area contributed by atoms with Crippen LogP contribution in [0.4, 0.5) is 0 Å². The fraction of sp³-hybridized carbons (Fsp3) is 0.353. The summed E-state index contributed by atoms with van der Waals surface area (Å²) in [5.74, 6) is 2.72. The summed E-state index contributed by atoms with van der Waals surface area (Å²) in [4.78, 5) is 13.8. The molecule has 0 aliphatic carbocycles. The molecule has 0 bridgehead atoms. The van der Waals surface area contributed by atoms with Gasteiger partial charge < -0.3 is 24.5 Å². The van der Waals surface area contributed by atoms with E-state index in [4.69, 9.17) is 19.6 Å². The standard InChI is InChI=1S/C17H20N2O4/c1-10-4-6-13(23-10)16-15(18)17(20)19(16)9-11-5-7-12(21-2)14(8-11)22-3/h4-8,15-16H,9,18H2,1-3H3/t15-,16+/m0/s1. The number of rotatable bonds is 5. The van der Waals surface area contributed by atoms with Gasteiger partial charge in [-0.15, -0.1) is 0 Å². The first-order valence-electron chi connectivity index (χ1n) is 7.38. The average molecular weight is 316 g/mol. The molecule has 1 aliphatic rings. The molecule has 6 nitrogen and oxygen atoms in total. The van der Waals surface area contributed by atoms with Gasteiger partial charge in [-0.05, 0) is 36.8 Å². The molecule has 0 spiro atoms. The van der Waals surface area contributed by atoms with Crippen molar-refractivity contribution >= 4 is 5.91 Å². The third-order valence-electron chi connectivity index (χ3n) is 4.10. The van der Waals surface area contributed by atoms with Crippen molar-refractivity contribution < 1.29 is 18.7 Å². The van der Waals surface area contributed by atoms with Crippen LogP contribution < -0.4 is 15.2 Å². The third kappa shape index (κ3) is 2.66. The zero-order chi connectivity index (χ0) is 16.6. The number of nitrogens with two attached hydrogens (primary N) is 1. The van der Waals surface area contributed by atoms with E-state index in [0.717, 1.165) is 17.1 Å². The molecule has 1 aromatic carbocycles. The van der Waals surface area contributed by atoms with Gasteiger partial charge in [-0.25, -0.2) is 0 Å². The quantitative estimate of drug-likeness (QED) is 0.854. The Labute approximate surface area is 134 Å². The van der Waals surface area contributed by atoms with Crippen molar-refractivity contribution in [1.82, 2.24) is 4.90 Å². The maximum Gasteiger partial charge on any atom is 0.243 e. The largest absolute Gasteiger partial charge is 0.493 e. The van der Waals surface area contributed by atoms with Crippen LogP contribution in [0.1, 0.15) is 23.1 Å². The zero-order valence-corrected chi connectivity index (χ0v) is 13.4. The van der Waals surface area contributed by atoms with E-state index < -0.39 is 6.04 Å². The summed E-state index contributed by atoms with van der Waals surface area (Å²) in [7, 11) is 3.17. The lowest BCUT2D eigenvalue weighted by Gasteiger charge is -2.44. The number of carbonyl (C=O) groups is 1. The van der Waals surface area contributed by atoms with Gasteiger partial charge in [0.25, 0.3) is 0 Å². The number of furan rings is 1. The molecule has 3 rings (SSSR count). The molecule has 1 saturated heterocycles. The minimum Gasteiger partial charge on any atom is -0.493 e. The topological polar surface area (TPSA) is 77.9 Å². The summed E-state index contributed by atoms with van der Waals surface area (Å²) in [6.07, 6.45) is 0. The molecule has 1 aliphatic heterocycles. The highest BCUT2D eigenvalue weighted by Gasteiger charge is 2.47. The number of methoxy groups -OCH3 is 2. The number of aryl methyl sites for hydroxylation is 1. The van der Waals surface area contributed by atoms with E-state index in [2.05, 4.69) is 0 Å². The molecule has 1 amide bonds. The van der Waals surface area contributed by atoms with Gasteiger partial charge in [-0.3, -0.25) is 4.79 Å². The molecule has 2 N–H and O–H groups in total. The van der Waals surface area contributed by atoms with Crippen LogP contribution in [0.3, 0.4) is 0 Å². The van der Waals surface area contributed by atoms with E-state index >= 15 is 0 Å². The van der Waals surface area contributed by atoms with Crippen LogP contribution in [0.15, 0.2) is 34.7 Å². The first-order valence-corrected chi connectivity index (χ1v) is 7.38. The van der Waals surface area contributed by atoms with Gasteiger partial charge in [-0.2, -0.15) is 0 Å². The van der Waals surface area contributed by atoms with Gasteiger partial charge in [0.1, 0.15) is 23.6 Å². The number of nitrogens with zero attached hydrogens (tertiary/aromatic N) is 1. The Hall–Kier alpha value is -2.47. The van der Waals surface area contributed by atoms with Gasteiger partial charge in [0.15, 0.2) is 11.5 Å². The molecular formula is C17H20N2O4. The highest BCUT2D eigenvalue weighted by molar-refractivity contribution is 5.89. The molecule has 1 aromatic heterocycles. The monoisotopic (exact) mass is 316 g/mol. The van der Waals surface area contributed by atoms with Crippen molar-refractivity contribution in [3.63, 3.8) is 0 Å². The number of amides is 1. The number of hydrogen-bond donors (Lipinski definition) is 1. The Morgan fingerprint density at radius 3 is 2.52 bits per heavy atom. The maximum absolute atomic E-state index is 12.1. The molecular weight excluding hydrogens is 296 g/mol. The van der Waals surface area contributed by atoms with Crippen molar-refractivity contribution in [3.8, 4) is 11.5 Å². The van der Waals surface area contributed by atoms with Crippen molar-refractivity contribution in [1.29, 1.82) is 0 Å². The first-order chi connectivity index (χ1) is 11.0. The third-order valence-corrected chi connectivity index (χ3v) is 4.10. The molecule has 0 radical (unpaired) electrons. The van der Waals surface area contributed by atoms with Gasteiger partial charge in [0, 0.05) is 6.54 Å². The Bertz CT molecular complexity index is 725. The van der Waals surface area contributed by atoms with E-state index in [1.165, 1.54) is 0 Å². The SMILES string of the molecule is COc1ccc(CN2C(=O)[C@@H](N)[C@H]2c2ccc(C)o2)cc1OC. The Morgan fingerprint density at radius 1 is 1.17 bits per heavy atom. The van der Waals surface area contributed by atoms with E-state index in [-0.39, 0.29) is 11.9 Å². The Kier molecular flexibility index (Phi) is 4.00. The fourth-order valence-electron chi connectivity index (χ4n) is 2.87. The molecule has 2 heterocycles. The van der Waals surface area contributed by atoms with Gasteiger partial charge in [0.05, 0.1) is 14.2 Å². The van der Waals surface area contributed by atoms with Crippen LogP contribution in [0, 0.1) is 6.92 Å². The van der Waals surface area contributed by atoms with Crippen molar-refractivity contribution in [3.05, 3.63) is 47.4 Å². The lowest BCUT2D eigenvalue weighted by Crippen LogP contribution is -2.62. The predicted octanol–water partition coefficient (Wildman–Crippen LogP) is 2.02. The van der Waals surface area contributed by atoms with E-state index in [9.17, 15) is 4.79 Å². The summed E-state index contributed by atoms with van der Waals surface area (Å²) in [5, 5.41) is 0. The highest BCUT2D eigenvalue weighted by atomic mass is 16.5. The summed E-state index contributed by atoms with van der Waals surface area (Å²) < 4.78 is 16.2. The van der Waals surface area contributed by atoms with Gasteiger partial charge >= 0.3 is 0 Å². The second-order valence-electron chi connectivity index (χ2n) is 5.57. The zero-order valence-electron chi connectivity index (χ0n) is 13.4. The van der Waals surface area contributed by atoms with Crippen molar-refractivity contribution in [2.45, 2.75) is 25.6 Å². The number of likely N-dealkylation sites (tertiary alicyclic amines) is 1. The first kappa shape index (κ1) is 15.4. The molecule has 6 heteroatoms. The Balaban J connectivity index is 1.82. The summed E-state index contributed by atoms with van der Waals surface area (Å²) in [6, 6.07) is 8.55. The summed E-state index contributed by atoms with van der Waals surface area (Å²) in [5.41, 5.74) is 6.90. The van der Waals surface area contributed by atoms with Gasteiger partial charge in [-0.1, -0.05) is 6.07 Å². The smallest absolute Gasteiger partial charge is 0.243 e. The maximum atomic E-state index is 12.1. The molecule has 23 heavy (non-hydrogen) atoms. The molecule has 1 fully saturated rings. The lowest BCUT2D eigenvalue weighted by atomic mass is 9.92. The minimum atomic E-state index is -0.555. The number of ether oxygens (including phenoxy) is 2. The van der Waals surface area contributed by atoms with Crippen LogP contribution in [-0.2, 0) is 11.3 Å². The molecule has 122 valence electrons. The molecule has 0 saturated carbocycles. The second-order valence-corrected chi connectivity index (χ2v) is 5.57. The number of carbonyl (C=O) groups excluding carboxylic acids is 1. The minimum absolute atomic E-state index is 0.0844. The van der Waals surface area contributed by atoms with Gasteiger partial charge in [0.2, 0.25) is 5.91 Å². The summed E-state index contributed by atoms with van der Waals surface area (Å²) in [6.45, 7) is 2.31. The molecule has 2 aromatic rings. The van der Waals surface area contributed by atoms with Crippen LogP contribution >= 0.6 is 0 Å². The van der Waals surface area contributed by atoms with E-state index in [1.807, 2.05) is 37.3 Å². The predicted molar refractivity (Wildman–Crippen MR) is 84.3 cm³/mol. The van der Waals surface area contributed by atoms with Crippen LogP contribution in [0.25, 0.3) is 0 Å². The molecule has 0 unspecified atom stereocenters. The van der Waals surface area contributed by atoms with Crippen LogP contribution in [0.2, 0.25) is 0 Å². The van der Waals surface area contributed by atoms with Crippen molar-refractivity contribution in [2.24, 2.45) is 5.73 Å². The lowest BCUT2D eigenvalue weighted by molar-refractivity contribution is -0.151. The van der Waals surface area contributed by atoms with Crippen LogP contribution in [-0.4, -0.2) is 31.1 Å². The average Bonchev–Trinajstić information content (AvgIpc) is 2.99. The van der Waals surface area contributed by atoms with E-state index in [1.54, 1.807) is 19.1 Å². The van der Waals surface area contributed by atoms with E-state index in [0.29, 0.717) is 18.0 Å².